The third kappa shape index (κ3) is 2.25. The zero-order valence-electron chi connectivity index (χ0n) is 9.00. The van der Waals surface area contributed by atoms with E-state index in [1.54, 1.807) is 0 Å². The third-order valence-corrected chi connectivity index (χ3v) is 2.19. The van der Waals surface area contributed by atoms with E-state index in [1.165, 1.54) is 0 Å². The minimum atomic E-state index is -0.799. The first-order valence-electron chi connectivity index (χ1n) is 4.77. The van der Waals surface area contributed by atoms with Gasteiger partial charge in [-0.2, -0.15) is 0 Å². The van der Waals surface area contributed by atoms with Crippen LogP contribution in [0.25, 0.3) is 0 Å². The van der Waals surface area contributed by atoms with Crippen LogP contribution in [0.5, 0.6) is 0 Å². The predicted octanol–water partition coefficient (Wildman–Crippen LogP) is 1.75. The first-order chi connectivity index (χ1) is 6.47. The normalized spacial score (nSPS) is 15.1. The molecular weight excluding hydrogens is 176 g/mol. The molecule has 1 aromatic carbocycles. The standard InChI is InChI=1S/C11H18N2O/c1-4-14-11(3,13)9-6-5-8(2)7-10(9)12/h5-7H,4,12-13H2,1-3H3. The van der Waals surface area contributed by atoms with Crippen molar-refractivity contribution in [3.63, 3.8) is 0 Å². The van der Waals surface area contributed by atoms with E-state index < -0.39 is 5.72 Å². The Bertz CT molecular complexity index is 321. The van der Waals surface area contributed by atoms with Gasteiger partial charge in [0.2, 0.25) is 0 Å². The van der Waals surface area contributed by atoms with Gasteiger partial charge in [0.15, 0.2) is 0 Å². The minimum Gasteiger partial charge on any atom is -0.398 e. The van der Waals surface area contributed by atoms with Crippen molar-refractivity contribution < 1.29 is 4.74 Å². The highest BCUT2D eigenvalue weighted by Gasteiger charge is 2.23. The monoisotopic (exact) mass is 194 g/mol. The van der Waals surface area contributed by atoms with Gasteiger partial charge in [-0.25, -0.2) is 0 Å². The molecule has 1 aromatic rings. The highest BCUT2D eigenvalue weighted by molar-refractivity contribution is 5.51. The molecule has 0 aliphatic heterocycles. The second-order valence-electron chi connectivity index (χ2n) is 3.63. The Morgan fingerprint density at radius 1 is 1.43 bits per heavy atom. The van der Waals surface area contributed by atoms with Crippen LogP contribution in [-0.4, -0.2) is 6.61 Å². The highest BCUT2D eigenvalue weighted by atomic mass is 16.5. The van der Waals surface area contributed by atoms with E-state index in [-0.39, 0.29) is 0 Å². The van der Waals surface area contributed by atoms with Crippen LogP contribution in [-0.2, 0) is 10.5 Å². The number of benzene rings is 1. The van der Waals surface area contributed by atoms with Crippen LogP contribution >= 0.6 is 0 Å². The maximum Gasteiger partial charge on any atom is 0.141 e. The molecule has 0 saturated heterocycles. The number of rotatable bonds is 3. The topological polar surface area (TPSA) is 61.3 Å². The molecule has 3 heteroatoms. The summed E-state index contributed by atoms with van der Waals surface area (Å²) in [7, 11) is 0. The van der Waals surface area contributed by atoms with Crippen molar-refractivity contribution in [2.24, 2.45) is 5.73 Å². The molecule has 0 fully saturated rings. The molecule has 0 saturated carbocycles. The van der Waals surface area contributed by atoms with Gasteiger partial charge >= 0.3 is 0 Å². The third-order valence-electron chi connectivity index (χ3n) is 2.19. The van der Waals surface area contributed by atoms with Crippen molar-refractivity contribution in [1.29, 1.82) is 0 Å². The Labute approximate surface area is 85.0 Å². The van der Waals surface area contributed by atoms with Crippen LogP contribution < -0.4 is 11.5 Å². The number of hydrogen-bond donors (Lipinski definition) is 2. The fourth-order valence-corrected chi connectivity index (χ4v) is 1.51. The van der Waals surface area contributed by atoms with Gasteiger partial charge in [-0.15, -0.1) is 0 Å². The van der Waals surface area contributed by atoms with E-state index >= 15 is 0 Å². The van der Waals surface area contributed by atoms with E-state index in [1.807, 2.05) is 39.0 Å². The summed E-state index contributed by atoms with van der Waals surface area (Å²) in [5, 5.41) is 0. The summed E-state index contributed by atoms with van der Waals surface area (Å²) < 4.78 is 5.43. The maximum atomic E-state index is 6.00. The molecule has 0 radical (unpaired) electrons. The zero-order chi connectivity index (χ0) is 10.8. The van der Waals surface area contributed by atoms with Gasteiger partial charge in [-0.3, -0.25) is 5.73 Å². The lowest BCUT2D eigenvalue weighted by molar-refractivity contribution is -0.0238. The van der Waals surface area contributed by atoms with E-state index in [2.05, 4.69) is 0 Å². The molecule has 0 aliphatic carbocycles. The molecule has 0 heterocycles. The molecule has 0 aliphatic rings. The average molecular weight is 194 g/mol. The minimum absolute atomic E-state index is 0.570. The van der Waals surface area contributed by atoms with Crippen LogP contribution in [0.4, 0.5) is 5.69 Å². The summed E-state index contributed by atoms with van der Waals surface area (Å²) in [5.74, 6) is 0. The van der Waals surface area contributed by atoms with Gasteiger partial charge in [0.05, 0.1) is 0 Å². The predicted molar refractivity (Wildman–Crippen MR) is 58.8 cm³/mol. The van der Waals surface area contributed by atoms with E-state index in [9.17, 15) is 0 Å². The molecule has 3 nitrogen and oxygen atoms in total. The zero-order valence-corrected chi connectivity index (χ0v) is 9.00. The molecule has 14 heavy (non-hydrogen) atoms. The number of hydrogen-bond acceptors (Lipinski definition) is 3. The van der Waals surface area contributed by atoms with Crippen LogP contribution in [0.15, 0.2) is 18.2 Å². The molecule has 4 N–H and O–H groups in total. The molecule has 78 valence electrons. The van der Waals surface area contributed by atoms with Crippen molar-refractivity contribution in [3.05, 3.63) is 29.3 Å². The summed E-state index contributed by atoms with van der Waals surface area (Å²) in [6.07, 6.45) is 0. The van der Waals surface area contributed by atoms with E-state index in [0.29, 0.717) is 12.3 Å². The number of aryl methyl sites for hydroxylation is 1. The Morgan fingerprint density at radius 3 is 2.57 bits per heavy atom. The summed E-state index contributed by atoms with van der Waals surface area (Å²) in [5.41, 5.74) is 13.7. The maximum absolute atomic E-state index is 6.00. The second kappa shape index (κ2) is 3.98. The first kappa shape index (κ1) is 11.0. The van der Waals surface area contributed by atoms with Crippen molar-refractivity contribution in [3.8, 4) is 0 Å². The number of anilines is 1. The molecule has 0 bridgehead atoms. The van der Waals surface area contributed by atoms with Crippen LogP contribution in [0.1, 0.15) is 25.0 Å². The lowest BCUT2D eigenvalue weighted by Gasteiger charge is -2.26. The average Bonchev–Trinajstić information content (AvgIpc) is 2.02. The Morgan fingerprint density at radius 2 is 2.07 bits per heavy atom. The van der Waals surface area contributed by atoms with Gasteiger partial charge in [0.25, 0.3) is 0 Å². The molecule has 0 amide bonds. The Kier molecular flexibility index (Phi) is 3.13. The number of nitrogens with two attached hydrogens (primary N) is 2. The van der Waals surface area contributed by atoms with Crippen molar-refractivity contribution in [2.45, 2.75) is 26.5 Å². The summed E-state index contributed by atoms with van der Waals surface area (Å²) in [6, 6.07) is 5.80. The molecule has 1 unspecified atom stereocenters. The molecule has 1 atom stereocenters. The fraction of sp³-hybridized carbons (Fsp3) is 0.455. The summed E-state index contributed by atoms with van der Waals surface area (Å²) in [6.45, 7) is 6.29. The lowest BCUT2D eigenvalue weighted by Crippen LogP contribution is -2.37. The molecular formula is C11H18N2O. The van der Waals surface area contributed by atoms with Gasteiger partial charge in [0, 0.05) is 17.9 Å². The molecule has 1 rings (SSSR count). The summed E-state index contributed by atoms with van der Waals surface area (Å²) >= 11 is 0. The van der Waals surface area contributed by atoms with E-state index in [4.69, 9.17) is 16.2 Å². The highest BCUT2D eigenvalue weighted by Crippen LogP contribution is 2.25. The van der Waals surface area contributed by atoms with Gasteiger partial charge < -0.3 is 10.5 Å². The Hall–Kier alpha value is -1.06. The fourth-order valence-electron chi connectivity index (χ4n) is 1.51. The van der Waals surface area contributed by atoms with Crippen molar-refractivity contribution in [2.75, 3.05) is 12.3 Å². The van der Waals surface area contributed by atoms with Crippen LogP contribution in [0, 0.1) is 6.92 Å². The smallest absolute Gasteiger partial charge is 0.141 e. The van der Waals surface area contributed by atoms with Gasteiger partial charge in [-0.05, 0) is 32.4 Å². The first-order valence-corrected chi connectivity index (χ1v) is 4.77. The van der Waals surface area contributed by atoms with Gasteiger partial charge in [-0.1, -0.05) is 12.1 Å². The largest absolute Gasteiger partial charge is 0.398 e. The lowest BCUT2D eigenvalue weighted by atomic mass is 10.0. The van der Waals surface area contributed by atoms with Crippen LogP contribution in [0.3, 0.4) is 0 Å². The van der Waals surface area contributed by atoms with Crippen LogP contribution in [0.2, 0.25) is 0 Å². The quantitative estimate of drug-likeness (QED) is 0.569. The van der Waals surface area contributed by atoms with Gasteiger partial charge in [0.1, 0.15) is 5.72 Å². The number of nitrogen functional groups attached to an aromatic ring is 1. The summed E-state index contributed by atoms with van der Waals surface area (Å²) in [4.78, 5) is 0. The molecule has 0 aromatic heterocycles. The Balaban J connectivity index is 3.06. The van der Waals surface area contributed by atoms with Crippen molar-refractivity contribution >= 4 is 5.69 Å². The second-order valence-corrected chi connectivity index (χ2v) is 3.63. The van der Waals surface area contributed by atoms with Crippen molar-refractivity contribution in [1.82, 2.24) is 0 Å². The SMILES string of the molecule is CCOC(C)(N)c1ccc(C)cc1N. The molecule has 0 spiro atoms. The van der Waals surface area contributed by atoms with E-state index in [0.717, 1.165) is 11.1 Å². The number of ether oxygens (including phenoxy) is 1.